The number of likely N-dealkylation sites (tertiary alicyclic amines) is 1. The molecule has 292 valence electrons. The third-order valence-electron chi connectivity index (χ3n) is 9.18. The van der Waals surface area contributed by atoms with Gasteiger partial charge in [-0.2, -0.15) is 0 Å². The van der Waals surface area contributed by atoms with E-state index in [1.54, 1.807) is 19.9 Å². The quantitative estimate of drug-likeness (QED) is 0.0836. The van der Waals surface area contributed by atoms with Crippen LogP contribution < -0.4 is 31.9 Å². The van der Waals surface area contributed by atoms with Gasteiger partial charge in [-0.05, 0) is 50.8 Å². The number of primary amides is 1. The van der Waals surface area contributed by atoms with Gasteiger partial charge in [0, 0.05) is 51.6 Å². The van der Waals surface area contributed by atoms with Crippen LogP contribution >= 0.6 is 0 Å². The summed E-state index contributed by atoms with van der Waals surface area (Å²) in [7, 11) is 1.39. The monoisotopic (exact) mass is 744 g/mol. The van der Waals surface area contributed by atoms with Crippen molar-refractivity contribution in [1.82, 2.24) is 25.8 Å². The number of anilines is 2. The van der Waals surface area contributed by atoms with Crippen LogP contribution in [0.2, 0.25) is 0 Å². The highest BCUT2D eigenvalue weighted by molar-refractivity contribution is 6.05. The first kappa shape index (κ1) is 42.2. The number of ether oxygens (including phenoxy) is 1. The molecule has 2 aliphatic heterocycles. The summed E-state index contributed by atoms with van der Waals surface area (Å²) >= 11 is 0. The topological polar surface area (TPSA) is 250 Å². The molecule has 2 saturated heterocycles. The van der Waals surface area contributed by atoms with E-state index in [1.807, 2.05) is 4.90 Å². The van der Waals surface area contributed by atoms with Crippen molar-refractivity contribution in [3.8, 4) is 0 Å². The molecule has 0 aromatic heterocycles. The zero-order valence-corrected chi connectivity index (χ0v) is 30.8. The molecule has 0 radical (unpaired) electrons. The van der Waals surface area contributed by atoms with Crippen molar-refractivity contribution < 1.29 is 48.2 Å². The van der Waals surface area contributed by atoms with Gasteiger partial charge in [-0.15, -0.1) is 0 Å². The van der Waals surface area contributed by atoms with Gasteiger partial charge in [0.2, 0.25) is 29.5 Å². The Morgan fingerprint density at radius 3 is 2.32 bits per heavy atom. The minimum Gasteiger partial charge on any atom is -0.480 e. The van der Waals surface area contributed by atoms with Gasteiger partial charge in [-0.3, -0.25) is 33.7 Å². The predicted molar refractivity (Wildman–Crippen MR) is 193 cm³/mol. The zero-order valence-electron chi connectivity index (χ0n) is 30.8. The molecule has 2 aliphatic rings. The number of urea groups is 1. The maximum absolute atomic E-state index is 13.7. The normalized spacial score (nSPS) is 16.4. The predicted octanol–water partition coefficient (Wildman–Crippen LogP) is 0.402. The second-order valence-corrected chi connectivity index (χ2v) is 13.8. The summed E-state index contributed by atoms with van der Waals surface area (Å²) < 4.78 is 5.46. The Labute approximate surface area is 308 Å². The maximum Gasteiger partial charge on any atom is 0.326 e. The van der Waals surface area contributed by atoms with E-state index in [-0.39, 0.29) is 55.5 Å². The Kier molecular flexibility index (Phi) is 15.5. The highest BCUT2D eigenvalue weighted by Crippen LogP contribution is 2.32. The van der Waals surface area contributed by atoms with Crippen LogP contribution in [-0.2, 0) is 33.5 Å². The summed E-state index contributed by atoms with van der Waals surface area (Å²) in [5.74, 6) is -3.67. The maximum atomic E-state index is 13.7. The van der Waals surface area contributed by atoms with Crippen molar-refractivity contribution in [3.63, 3.8) is 0 Å². The number of aliphatic carboxylic acids is 1. The molecule has 18 heteroatoms. The van der Waals surface area contributed by atoms with Crippen LogP contribution in [0.25, 0.3) is 0 Å². The molecule has 2 heterocycles. The van der Waals surface area contributed by atoms with Crippen molar-refractivity contribution in [3.05, 3.63) is 23.8 Å². The van der Waals surface area contributed by atoms with E-state index in [0.29, 0.717) is 63.5 Å². The van der Waals surface area contributed by atoms with Crippen molar-refractivity contribution in [1.29, 1.82) is 0 Å². The molecule has 2 atom stereocenters. The van der Waals surface area contributed by atoms with Gasteiger partial charge in [0.25, 0.3) is 5.91 Å². The fraction of sp³-hybridized carbons (Fsp3) is 0.600. The first-order valence-electron chi connectivity index (χ1n) is 17.7. The Hall–Kier alpha value is -5.26. The van der Waals surface area contributed by atoms with Gasteiger partial charge < -0.3 is 46.6 Å². The van der Waals surface area contributed by atoms with Gasteiger partial charge in [0.15, 0.2) is 0 Å². The molecule has 3 rings (SSSR count). The second kappa shape index (κ2) is 19.5. The Bertz CT molecular complexity index is 1540. The van der Waals surface area contributed by atoms with Gasteiger partial charge in [-0.25, -0.2) is 9.59 Å². The van der Waals surface area contributed by atoms with E-state index in [9.17, 15) is 43.5 Å². The standard InChI is InChI=1S/C35H52N8O10/c1-22(32(49)50)41(4)31(48)23-11-12-24(26(19-23)42-15-17-53-18-16-42)40-30(47)25(9-8-13-37-34(36)52)39-28(45)21-38-27(44)10-6-5-7-14-43-29(46)20-35(2,3)33(43)51/h11-12,19,22,25H,5-10,13-18,20-21H2,1-4H3,(H,38,44)(H,39,45)(H,40,47)(H,49,50)(H3,36,37,52)/t22-,25?/m0/s1. The number of hydrogen-bond donors (Lipinski definition) is 6. The second-order valence-electron chi connectivity index (χ2n) is 13.8. The number of amides is 8. The summed E-state index contributed by atoms with van der Waals surface area (Å²) in [5, 5.41) is 19.8. The first-order valence-corrected chi connectivity index (χ1v) is 17.7. The Balaban J connectivity index is 1.62. The van der Waals surface area contributed by atoms with Crippen LogP contribution in [0.1, 0.15) is 76.1 Å². The van der Waals surface area contributed by atoms with Gasteiger partial charge in [-0.1, -0.05) is 20.3 Å². The van der Waals surface area contributed by atoms with Gasteiger partial charge >= 0.3 is 12.0 Å². The number of hydrogen-bond acceptors (Lipinski definition) is 10. The molecule has 18 nitrogen and oxygen atoms in total. The van der Waals surface area contributed by atoms with Gasteiger partial charge in [0.05, 0.1) is 36.5 Å². The van der Waals surface area contributed by atoms with E-state index in [1.165, 1.54) is 31.0 Å². The molecule has 2 fully saturated rings. The number of imide groups is 1. The third kappa shape index (κ3) is 12.4. The lowest BCUT2D eigenvalue weighted by molar-refractivity contribution is -0.142. The van der Waals surface area contributed by atoms with Crippen LogP contribution in [-0.4, -0.2) is 127 Å². The number of carbonyl (C=O) groups excluding carboxylic acids is 7. The average molecular weight is 745 g/mol. The first-order chi connectivity index (χ1) is 25.0. The number of morpholine rings is 1. The number of rotatable bonds is 19. The molecular weight excluding hydrogens is 692 g/mol. The lowest BCUT2D eigenvalue weighted by Gasteiger charge is -2.31. The van der Waals surface area contributed by atoms with E-state index in [2.05, 4.69) is 21.3 Å². The fourth-order valence-corrected chi connectivity index (χ4v) is 5.89. The minimum absolute atomic E-state index is 0.104. The SMILES string of the molecule is C[C@@H](C(=O)O)N(C)C(=O)c1ccc(NC(=O)C(CCCNC(N)=O)NC(=O)CNC(=O)CCCCCN2C(=O)CC(C)(C)C2=O)c(N2CCOCC2)c1. The summed E-state index contributed by atoms with van der Waals surface area (Å²) in [6, 6.07) is 1.67. The molecule has 0 bridgehead atoms. The molecule has 53 heavy (non-hydrogen) atoms. The summed E-state index contributed by atoms with van der Waals surface area (Å²) in [6.07, 6.45) is 2.31. The number of nitrogens with two attached hydrogens (primary N) is 1. The summed E-state index contributed by atoms with van der Waals surface area (Å²) in [6.45, 7) is 6.62. The van der Waals surface area contributed by atoms with Crippen LogP contribution in [0.5, 0.6) is 0 Å². The van der Waals surface area contributed by atoms with E-state index >= 15 is 0 Å². The van der Waals surface area contributed by atoms with Crippen molar-refractivity contribution in [2.45, 2.75) is 77.8 Å². The largest absolute Gasteiger partial charge is 0.480 e. The number of nitrogens with one attached hydrogen (secondary N) is 4. The van der Waals surface area contributed by atoms with Crippen molar-refractivity contribution in [2.24, 2.45) is 11.1 Å². The number of carboxylic acids is 1. The molecule has 8 amide bonds. The zero-order chi connectivity index (χ0) is 39.3. The molecule has 1 aromatic rings. The molecule has 7 N–H and O–H groups in total. The van der Waals surface area contributed by atoms with E-state index in [0.717, 1.165) is 4.90 Å². The number of likely N-dealkylation sites (N-methyl/N-ethyl adjacent to an activating group) is 1. The molecule has 1 aromatic carbocycles. The van der Waals surface area contributed by atoms with Crippen LogP contribution in [0, 0.1) is 5.41 Å². The van der Waals surface area contributed by atoms with Crippen LogP contribution in [0.15, 0.2) is 18.2 Å². The summed E-state index contributed by atoms with van der Waals surface area (Å²) in [4.78, 5) is 104. The molecule has 1 unspecified atom stereocenters. The third-order valence-corrected chi connectivity index (χ3v) is 9.18. The number of nitrogens with zero attached hydrogens (tertiary/aromatic N) is 3. The number of carboxylic acid groups (broad SMARTS) is 1. The van der Waals surface area contributed by atoms with Crippen molar-refractivity contribution in [2.75, 3.05) is 63.2 Å². The molecular formula is C35H52N8O10. The molecule has 0 saturated carbocycles. The highest BCUT2D eigenvalue weighted by atomic mass is 16.5. The van der Waals surface area contributed by atoms with Gasteiger partial charge in [0.1, 0.15) is 12.1 Å². The highest BCUT2D eigenvalue weighted by Gasteiger charge is 2.44. The number of carbonyl (C=O) groups is 8. The van der Waals surface area contributed by atoms with Crippen LogP contribution in [0.4, 0.5) is 16.2 Å². The summed E-state index contributed by atoms with van der Waals surface area (Å²) in [5.41, 5.74) is 5.50. The number of benzene rings is 1. The van der Waals surface area contributed by atoms with Crippen molar-refractivity contribution >= 4 is 58.8 Å². The number of unbranched alkanes of at least 4 members (excludes halogenated alkanes) is 2. The van der Waals surface area contributed by atoms with Crippen LogP contribution in [0.3, 0.4) is 0 Å². The Morgan fingerprint density at radius 2 is 1.70 bits per heavy atom. The lowest BCUT2D eigenvalue weighted by Crippen LogP contribution is -2.48. The fourth-order valence-electron chi connectivity index (χ4n) is 5.89. The molecule has 0 aliphatic carbocycles. The van der Waals surface area contributed by atoms with E-state index in [4.69, 9.17) is 10.5 Å². The Morgan fingerprint density at radius 1 is 1.00 bits per heavy atom. The lowest BCUT2D eigenvalue weighted by atomic mass is 9.92. The average Bonchev–Trinajstić information content (AvgIpc) is 3.32. The van der Waals surface area contributed by atoms with E-state index < -0.39 is 53.8 Å². The molecule has 0 spiro atoms. The minimum atomic E-state index is -1.16. The smallest absolute Gasteiger partial charge is 0.326 e.